The number of halogens is 2. The number of quaternary nitrogens is 2. The molecule has 2 rings (SSSR count). The fourth-order valence-corrected chi connectivity index (χ4v) is 6.54. The number of hydrogen-bond acceptors (Lipinski definition) is 0. The highest BCUT2D eigenvalue weighted by molar-refractivity contribution is 5.00. The summed E-state index contributed by atoms with van der Waals surface area (Å²) < 4.78 is 2.64. The van der Waals surface area contributed by atoms with Crippen LogP contribution >= 0.6 is 0 Å². The van der Waals surface area contributed by atoms with E-state index in [0.29, 0.717) is 0 Å². The van der Waals surface area contributed by atoms with Gasteiger partial charge in [0.1, 0.15) is 13.1 Å². The maximum Gasteiger partial charge on any atom is 0.141 e. The maximum atomic E-state index is 3.73. The van der Waals surface area contributed by atoms with Gasteiger partial charge in [0, 0.05) is 25.7 Å². The number of unbranched alkanes of at least 4 members (excludes halogenated alkanes) is 14. The van der Waals surface area contributed by atoms with Crippen LogP contribution in [0.5, 0.6) is 0 Å². The van der Waals surface area contributed by atoms with Gasteiger partial charge in [-0.15, -0.1) is 0 Å². The van der Waals surface area contributed by atoms with E-state index in [1.54, 1.807) is 0 Å². The highest BCUT2D eigenvalue weighted by Gasteiger charge is 2.32. The van der Waals surface area contributed by atoms with Crippen molar-refractivity contribution in [1.82, 2.24) is 0 Å². The summed E-state index contributed by atoms with van der Waals surface area (Å²) in [6.07, 6.45) is 28.7. The third kappa shape index (κ3) is 15.8. The van der Waals surface area contributed by atoms with Crippen molar-refractivity contribution in [3.63, 3.8) is 0 Å². The molecule has 2 aliphatic rings. The molecule has 0 aromatic heterocycles. The van der Waals surface area contributed by atoms with Crippen molar-refractivity contribution in [2.24, 2.45) is 0 Å². The van der Waals surface area contributed by atoms with Gasteiger partial charge in [-0.2, -0.15) is 0 Å². The summed E-state index contributed by atoms with van der Waals surface area (Å²) in [5, 5.41) is 0. The Morgan fingerprint density at radius 2 is 0.694 bits per heavy atom. The molecule has 0 spiro atoms. The third-order valence-corrected chi connectivity index (χ3v) is 8.96. The fourth-order valence-electron chi connectivity index (χ4n) is 6.54. The van der Waals surface area contributed by atoms with Crippen molar-refractivity contribution in [2.45, 2.75) is 142 Å². The van der Waals surface area contributed by atoms with Crippen LogP contribution in [0.25, 0.3) is 0 Å². The molecule has 2 aliphatic heterocycles. The van der Waals surface area contributed by atoms with Crippen molar-refractivity contribution >= 4 is 0 Å². The normalized spacial score (nSPS) is 17.7. The van der Waals surface area contributed by atoms with E-state index in [0.717, 1.165) is 13.1 Å². The summed E-state index contributed by atoms with van der Waals surface area (Å²) in [4.78, 5) is 0. The van der Waals surface area contributed by atoms with Crippen LogP contribution in [0.4, 0.5) is 0 Å². The number of nitrogens with zero attached hydrogens (tertiary/aromatic N) is 2. The van der Waals surface area contributed by atoms with Crippen LogP contribution < -0.4 is 34.0 Å². The lowest BCUT2D eigenvalue weighted by Crippen LogP contribution is -3.00. The third-order valence-electron chi connectivity index (χ3n) is 8.96. The van der Waals surface area contributed by atoms with E-state index < -0.39 is 0 Å². The summed E-state index contributed by atoms with van der Waals surface area (Å²) in [6.45, 7) is 15.2. The lowest BCUT2D eigenvalue weighted by Gasteiger charge is -2.33. The molecular weight excluding hydrogens is 572 g/mol. The Morgan fingerprint density at radius 1 is 0.417 bits per heavy atom. The monoisotopic (exact) mass is 632 g/mol. The van der Waals surface area contributed by atoms with E-state index in [-0.39, 0.29) is 34.0 Å². The largest absolute Gasteiger partial charge is 1.00 e. The molecule has 0 unspecified atom stereocenters. The number of rotatable bonds is 20. The topological polar surface area (TPSA) is 0 Å². The first-order valence-electron chi connectivity index (χ1n) is 15.9. The minimum Gasteiger partial charge on any atom is -1.00 e. The van der Waals surface area contributed by atoms with Crippen LogP contribution in [-0.4, -0.2) is 61.3 Å². The van der Waals surface area contributed by atoms with E-state index >= 15 is 0 Å². The van der Waals surface area contributed by atoms with Gasteiger partial charge in [-0.3, -0.25) is 0 Å². The molecule has 2 nitrogen and oxygen atoms in total. The first-order chi connectivity index (χ1) is 16.7. The van der Waals surface area contributed by atoms with Crippen LogP contribution in [0.3, 0.4) is 0 Å². The minimum absolute atomic E-state index is 0. The molecule has 0 aromatic carbocycles. The first-order valence-corrected chi connectivity index (χ1v) is 15.9. The van der Waals surface area contributed by atoms with Gasteiger partial charge in [0.2, 0.25) is 0 Å². The van der Waals surface area contributed by atoms with Crippen molar-refractivity contribution < 1.29 is 42.9 Å². The van der Waals surface area contributed by atoms with Gasteiger partial charge in [0.15, 0.2) is 0 Å². The van der Waals surface area contributed by atoms with Crippen LogP contribution in [0.15, 0.2) is 0 Å². The zero-order valence-electron chi connectivity index (χ0n) is 24.4. The molecule has 0 aliphatic carbocycles. The summed E-state index contributed by atoms with van der Waals surface area (Å²) in [6, 6.07) is 0. The first kappa shape index (κ1) is 36.4. The second-order valence-corrected chi connectivity index (χ2v) is 12.1. The van der Waals surface area contributed by atoms with Crippen LogP contribution in [-0.2, 0) is 0 Å². The summed E-state index contributed by atoms with van der Waals surface area (Å²) >= 11 is 0. The zero-order chi connectivity index (χ0) is 24.2. The highest BCUT2D eigenvalue weighted by atomic mass is 79.9. The van der Waals surface area contributed by atoms with Crippen molar-refractivity contribution in [3.8, 4) is 11.8 Å². The average molecular weight is 635 g/mol. The quantitative estimate of drug-likeness (QED) is 0.110. The van der Waals surface area contributed by atoms with E-state index in [1.165, 1.54) is 177 Å². The summed E-state index contributed by atoms with van der Waals surface area (Å²) in [5.74, 6) is 7.46. The molecule has 0 aromatic rings. The second kappa shape index (κ2) is 23.3. The standard InChI is InChI=1S/C32H62N2.2BrH/c1-3-5-7-9-11-13-15-17-25-33(27-19-20-28-33)31-23-24-32-34(29-21-22-30-34)26-18-16-14-12-10-8-6-4-2;;/h3-22,25-32H2,1-2H3;2*1H/q+2;;/p-2. The number of likely N-dealkylation sites (tertiary alicyclic amines) is 2. The van der Waals surface area contributed by atoms with Crippen LogP contribution in [0.2, 0.25) is 0 Å². The Balaban J connectivity index is 0.00000612. The molecule has 0 amide bonds. The molecule has 2 saturated heterocycles. The second-order valence-electron chi connectivity index (χ2n) is 12.1. The Bertz CT molecular complexity index is 496. The molecule has 4 heteroatoms. The molecule has 2 fully saturated rings. The van der Waals surface area contributed by atoms with Gasteiger partial charge < -0.3 is 42.9 Å². The van der Waals surface area contributed by atoms with E-state index in [1.807, 2.05) is 0 Å². The Labute approximate surface area is 248 Å². The smallest absolute Gasteiger partial charge is 0.141 e. The zero-order valence-corrected chi connectivity index (χ0v) is 27.6. The van der Waals surface area contributed by atoms with E-state index in [4.69, 9.17) is 0 Å². The number of hydrogen-bond donors (Lipinski definition) is 0. The molecule has 0 saturated carbocycles. The lowest BCUT2D eigenvalue weighted by molar-refractivity contribution is -0.911. The van der Waals surface area contributed by atoms with E-state index in [9.17, 15) is 0 Å². The predicted octanol–water partition coefficient (Wildman–Crippen LogP) is 2.50. The molecule has 214 valence electrons. The molecule has 0 atom stereocenters. The highest BCUT2D eigenvalue weighted by Crippen LogP contribution is 2.22. The molecule has 36 heavy (non-hydrogen) atoms. The van der Waals surface area contributed by atoms with Crippen molar-refractivity contribution in [2.75, 3.05) is 52.4 Å². The molecular formula is C32H62Br2N2. The average Bonchev–Trinajstić information content (AvgIpc) is 3.51. The van der Waals surface area contributed by atoms with Gasteiger partial charge in [-0.05, 0) is 37.5 Å². The van der Waals surface area contributed by atoms with Gasteiger partial charge in [0.25, 0.3) is 0 Å². The Hall–Kier alpha value is 0.440. The van der Waals surface area contributed by atoms with Crippen LogP contribution in [0.1, 0.15) is 142 Å². The van der Waals surface area contributed by atoms with Crippen molar-refractivity contribution in [1.29, 1.82) is 0 Å². The molecule has 2 heterocycles. The SMILES string of the molecule is CCCCCCCCCC[N+]1(CC#CC[N+]2(CCCCCCCCCC)CCCC2)CCCC1.[Br-].[Br-]. The van der Waals surface area contributed by atoms with Gasteiger partial charge in [0.05, 0.1) is 39.3 Å². The van der Waals surface area contributed by atoms with Gasteiger partial charge >= 0.3 is 0 Å². The minimum atomic E-state index is 0. The van der Waals surface area contributed by atoms with Crippen molar-refractivity contribution in [3.05, 3.63) is 0 Å². The van der Waals surface area contributed by atoms with Crippen LogP contribution in [0, 0.1) is 11.8 Å². The Kier molecular flexibility index (Phi) is 23.6. The summed E-state index contributed by atoms with van der Waals surface area (Å²) in [7, 11) is 0. The lowest BCUT2D eigenvalue weighted by atomic mass is 10.1. The molecule has 0 radical (unpaired) electrons. The molecule has 0 bridgehead atoms. The maximum absolute atomic E-state index is 3.73. The summed E-state index contributed by atoms with van der Waals surface area (Å²) in [5.41, 5.74) is 0. The Morgan fingerprint density at radius 3 is 1.00 bits per heavy atom. The predicted molar refractivity (Wildman–Crippen MR) is 151 cm³/mol. The van der Waals surface area contributed by atoms with Gasteiger partial charge in [-0.1, -0.05) is 90.9 Å². The fraction of sp³-hybridized carbons (Fsp3) is 0.938. The van der Waals surface area contributed by atoms with E-state index in [2.05, 4.69) is 25.7 Å². The van der Waals surface area contributed by atoms with Gasteiger partial charge in [-0.25, -0.2) is 0 Å². The molecule has 0 N–H and O–H groups in total.